The Morgan fingerprint density at radius 3 is 2.20 bits per heavy atom. The second-order valence-electron chi connectivity index (χ2n) is 6.41. The molecule has 0 atom stereocenters. The van der Waals surface area contributed by atoms with Crippen LogP contribution < -0.4 is 4.72 Å². The summed E-state index contributed by atoms with van der Waals surface area (Å²) in [7, 11) is -3.93. The molecule has 7 nitrogen and oxygen atoms in total. The number of sulfonamides is 1. The Morgan fingerprint density at radius 1 is 1.04 bits per heavy atom. The Balaban J connectivity index is 2.76. The number of nitrogens with one attached hydrogen (secondary N) is 1. The van der Waals surface area contributed by atoms with Gasteiger partial charge in [0.25, 0.3) is 5.69 Å². The van der Waals surface area contributed by atoms with Crippen LogP contribution in [0.3, 0.4) is 0 Å². The van der Waals surface area contributed by atoms with E-state index < -0.39 is 26.2 Å². The van der Waals surface area contributed by atoms with Crippen molar-refractivity contribution in [2.24, 2.45) is 0 Å². The quantitative estimate of drug-likeness (QED) is 0.651. The highest BCUT2D eigenvalue weighted by atomic mass is 32.2. The van der Waals surface area contributed by atoms with Gasteiger partial charge in [0.2, 0.25) is 16.3 Å². The summed E-state index contributed by atoms with van der Waals surface area (Å²) in [5.74, 6) is 0. The van der Waals surface area contributed by atoms with E-state index in [1.54, 1.807) is 26.8 Å². The van der Waals surface area contributed by atoms with Crippen LogP contribution in [0.25, 0.3) is 11.1 Å². The summed E-state index contributed by atoms with van der Waals surface area (Å²) >= 11 is 0. The fraction of sp³-hybridized carbons (Fsp3) is 0.235. The maximum absolute atomic E-state index is 12.7. The third-order valence-corrected chi connectivity index (χ3v) is 5.05. The van der Waals surface area contributed by atoms with Gasteiger partial charge in [-0.25, -0.2) is 13.1 Å². The Hall–Kier alpha value is -2.58. The van der Waals surface area contributed by atoms with Gasteiger partial charge in [-0.2, -0.15) is 0 Å². The zero-order valence-corrected chi connectivity index (χ0v) is 14.8. The summed E-state index contributed by atoms with van der Waals surface area (Å²) in [5, 5.41) is 11.4. The van der Waals surface area contributed by atoms with Crippen LogP contribution in [-0.2, 0) is 14.8 Å². The molecule has 2 aromatic rings. The van der Waals surface area contributed by atoms with Gasteiger partial charge in [-0.05, 0) is 39.0 Å². The van der Waals surface area contributed by atoms with Crippen molar-refractivity contribution < 1.29 is 18.1 Å². The van der Waals surface area contributed by atoms with E-state index in [9.17, 15) is 23.3 Å². The highest BCUT2D eigenvalue weighted by molar-refractivity contribution is 7.89. The lowest BCUT2D eigenvalue weighted by Gasteiger charge is -2.21. The summed E-state index contributed by atoms with van der Waals surface area (Å²) in [6, 6.07) is 10.1. The van der Waals surface area contributed by atoms with Gasteiger partial charge in [-0.15, -0.1) is 0 Å². The highest BCUT2D eigenvalue weighted by Crippen LogP contribution is 2.36. The molecule has 1 N–H and O–H groups in total. The largest absolute Gasteiger partial charge is 0.288 e. The number of para-hydroxylation sites is 1. The molecule has 0 spiro atoms. The van der Waals surface area contributed by atoms with Gasteiger partial charge >= 0.3 is 0 Å². The van der Waals surface area contributed by atoms with Gasteiger partial charge in [0.1, 0.15) is 5.56 Å². The molecule has 0 amide bonds. The number of nitro groups is 1. The first-order valence-electron chi connectivity index (χ1n) is 7.36. The third kappa shape index (κ3) is 4.09. The SMILES string of the molecule is CC(C)(C)NS(=O)(=O)c1ccccc1-c1cccc([C]=O)c1[N+](=O)[O-]. The molecule has 2 rings (SSSR count). The van der Waals surface area contributed by atoms with Crippen molar-refractivity contribution in [2.75, 3.05) is 0 Å². The summed E-state index contributed by atoms with van der Waals surface area (Å²) in [4.78, 5) is 21.6. The summed E-state index contributed by atoms with van der Waals surface area (Å²) in [6.45, 7) is 5.08. The molecular weight excluding hydrogens is 344 g/mol. The van der Waals surface area contributed by atoms with Crippen molar-refractivity contribution in [3.05, 3.63) is 58.1 Å². The van der Waals surface area contributed by atoms with Crippen molar-refractivity contribution in [1.82, 2.24) is 4.72 Å². The van der Waals surface area contributed by atoms with Crippen LogP contribution in [0.15, 0.2) is 47.4 Å². The van der Waals surface area contributed by atoms with Crippen molar-refractivity contribution in [3.63, 3.8) is 0 Å². The summed E-state index contributed by atoms with van der Waals surface area (Å²) in [5.41, 5.74) is -1.26. The Kier molecular flexibility index (Phi) is 5.05. The number of nitrogens with zero attached hydrogens (tertiary/aromatic N) is 1. The first kappa shape index (κ1) is 18.8. The van der Waals surface area contributed by atoms with Gasteiger partial charge < -0.3 is 0 Å². The van der Waals surface area contributed by atoms with Gasteiger partial charge in [0, 0.05) is 11.1 Å². The number of carbonyl (C=O) groups excluding carboxylic acids is 1. The number of benzene rings is 2. The minimum absolute atomic E-state index is 0.0423. The summed E-state index contributed by atoms with van der Waals surface area (Å²) < 4.78 is 28.0. The minimum Gasteiger partial charge on any atom is -0.285 e. The predicted octanol–water partition coefficient (Wildman–Crippen LogP) is 2.80. The maximum atomic E-state index is 12.7. The first-order valence-corrected chi connectivity index (χ1v) is 8.84. The van der Waals surface area contributed by atoms with Crippen LogP contribution in [0.5, 0.6) is 0 Å². The van der Waals surface area contributed by atoms with Gasteiger partial charge in [-0.1, -0.05) is 24.3 Å². The lowest BCUT2D eigenvalue weighted by atomic mass is 10.0. The van der Waals surface area contributed by atoms with Crippen LogP contribution in [0.4, 0.5) is 5.69 Å². The Labute approximate surface area is 145 Å². The van der Waals surface area contributed by atoms with Crippen molar-refractivity contribution in [3.8, 4) is 11.1 Å². The van der Waals surface area contributed by atoms with E-state index in [0.717, 1.165) is 0 Å². The monoisotopic (exact) mass is 361 g/mol. The van der Waals surface area contributed by atoms with Crippen LogP contribution in [0, 0.1) is 10.1 Å². The number of nitro benzene ring substituents is 1. The molecular formula is C17H17N2O5S. The maximum Gasteiger partial charge on any atom is 0.288 e. The molecule has 0 saturated heterocycles. The molecule has 131 valence electrons. The zero-order chi connectivity index (χ0) is 18.8. The molecule has 0 aliphatic heterocycles. The smallest absolute Gasteiger partial charge is 0.285 e. The standard InChI is InChI=1S/C17H17N2O5S/c1-17(2,3)18-25(23,24)15-10-5-4-8-13(15)14-9-6-7-12(11-20)16(14)19(21)22/h4-10,18H,1-3H3. The van der Waals surface area contributed by atoms with Crippen molar-refractivity contribution in [2.45, 2.75) is 31.2 Å². The fourth-order valence-corrected chi connectivity index (χ4v) is 4.06. The van der Waals surface area contributed by atoms with Crippen LogP contribution in [-0.4, -0.2) is 25.2 Å². The number of rotatable bonds is 5. The average molecular weight is 361 g/mol. The molecule has 0 aliphatic rings. The molecule has 0 saturated carbocycles. The fourth-order valence-electron chi connectivity index (χ4n) is 2.42. The van der Waals surface area contributed by atoms with E-state index in [1.165, 1.54) is 42.7 Å². The van der Waals surface area contributed by atoms with Crippen LogP contribution >= 0.6 is 0 Å². The topological polar surface area (TPSA) is 106 Å². The zero-order valence-electron chi connectivity index (χ0n) is 13.9. The number of hydrogen-bond donors (Lipinski definition) is 1. The van der Waals surface area contributed by atoms with Crippen LogP contribution in [0.1, 0.15) is 26.3 Å². The molecule has 0 fully saturated rings. The van der Waals surface area contributed by atoms with Gasteiger partial charge in [0.15, 0.2) is 0 Å². The average Bonchev–Trinajstić information content (AvgIpc) is 2.51. The van der Waals surface area contributed by atoms with E-state index in [2.05, 4.69) is 4.72 Å². The second-order valence-corrected chi connectivity index (χ2v) is 8.06. The van der Waals surface area contributed by atoms with Gasteiger partial charge in [-0.3, -0.25) is 14.9 Å². The van der Waals surface area contributed by atoms with E-state index in [-0.39, 0.29) is 21.6 Å². The Morgan fingerprint density at radius 2 is 1.64 bits per heavy atom. The Bertz CT molecular complexity index is 930. The van der Waals surface area contributed by atoms with Gasteiger partial charge in [0.05, 0.1) is 15.4 Å². The van der Waals surface area contributed by atoms with E-state index >= 15 is 0 Å². The third-order valence-electron chi connectivity index (χ3n) is 3.24. The molecule has 0 bridgehead atoms. The lowest BCUT2D eigenvalue weighted by molar-refractivity contribution is -0.384. The van der Waals surface area contributed by atoms with Crippen molar-refractivity contribution >= 4 is 22.0 Å². The van der Waals surface area contributed by atoms with E-state index in [1.807, 2.05) is 0 Å². The second kappa shape index (κ2) is 6.73. The first-order chi connectivity index (χ1) is 11.6. The van der Waals surface area contributed by atoms with E-state index in [4.69, 9.17) is 0 Å². The van der Waals surface area contributed by atoms with Crippen LogP contribution in [0.2, 0.25) is 0 Å². The van der Waals surface area contributed by atoms with E-state index in [0.29, 0.717) is 0 Å². The highest BCUT2D eigenvalue weighted by Gasteiger charge is 2.28. The normalized spacial score (nSPS) is 12.0. The van der Waals surface area contributed by atoms with Crippen molar-refractivity contribution in [1.29, 1.82) is 0 Å². The molecule has 8 heteroatoms. The molecule has 0 heterocycles. The lowest BCUT2D eigenvalue weighted by Crippen LogP contribution is -2.40. The molecule has 0 unspecified atom stereocenters. The predicted molar refractivity (Wildman–Crippen MR) is 93.4 cm³/mol. The molecule has 1 radical (unpaired) electrons. The number of hydrogen-bond acceptors (Lipinski definition) is 5. The summed E-state index contributed by atoms with van der Waals surface area (Å²) in [6.07, 6.45) is 1.53. The molecule has 25 heavy (non-hydrogen) atoms. The molecule has 0 aromatic heterocycles. The molecule has 2 aromatic carbocycles. The molecule has 0 aliphatic carbocycles. The minimum atomic E-state index is -3.93.